The van der Waals surface area contributed by atoms with Gasteiger partial charge in [0.1, 0.15) is 5.69 Å². The Morgan fingerprint density at radius 3 is 2.69 bits per heavy atom. The molecule has 2 aromatic rings. The number of aryl methyl sites for hydroxylation is 1. The van der Waals surface area contributed by atoms with Crippen LogP contribution in [0.4, 0.5) is 0 Å². The molecule has 1 aromatic heterocycles. The predicted octanol–water partition coefficient (Wildman–Crippen LogP) is 3.68. The number of amides is 1. The van der Waals surface area contributed by atoms with E-state index in [9.17, 15) is 9.90 Å². The number of benzene rings is 1. The highest BCUT2D eigenvalue weighted by molar-refractivity contribution is 5.94. The second-order valence-corrected chi connectivity index (χ2v) is 7.67. The van der Waals surface area contributed by atoms with Crippen molar-refractivity contribution >= 4 is 5.91 Å². The molecule has 4 rings (SSSR count). The molecule has 4 heteroatoms. The predicted molar refractivity (Wildman–Crippen MR) is 101 cm³/mol. The summed E-state index contributed by atoms with van der Waals surface area (Å²) in [5, 5.41) is 11.6. The van der Waals surface area contributed by atoms with Crippen LogP contribution in [0.1, 0.15) is 53.7 Å². The second-order valence-electron chi connectivity index (χ2n) is 7.67. The Labute approximate surface area is 154 Å². The maximum absolute atomic E-state index is 13.2. The lowest BCUT2D eigenvalue weighted by Gasteiger charge is -2.52. The van der Waals surface area contributed by atoms with Gasteiger partial charge in [-0.1, -0.05) is 49.2 Å². The topological polar surface area (TPSA) is 53.4 Å². The van der Waals surface area contributed by atoms with Gasteiger partial charge in [-0.15, -0.1) is 0 Å². The molecule has 4 nitrogen and oxygen atoms in total. The Morgan fingerprint density at radius 2 is 1.92 bits per heavy atom. The average Bonchev–Trinajstić information content (AvgIpc) is 2.69. The van der Waals surface area contributed by atoms with Gasteiger partial charge < -0.3 is 10.0 Å². The van der Waals surface area contributed by atoms with E-state index in [1.54, 1.807) is 6.20 Å². The zero-order chi connectivity index (χ0) is 18.1. The van der Waals surface area contributed by atoms with Gasteiger partial charge in [0.25, 0.3) is 5.91 Å². The third-order valence-electron chi connectivity index (χ3n) is 6.22. The number of aliphatic hydroxyl groups is 1. The number of piperidine rings is 1. The Kier molecular flexibility index (Phi) is 4.53. The smallest absolute Gasteiger partial charge is 0.272 e. The van der Waals surface area contributed by atoms with E-state index in [4.69, 9.17) is 0 Å². The van der Waals surface area contributed by atoms with Crippen LogP contribution >= 0.6 is 0 Å². The summed E-state index contributed by atoms with van der Waals surface area (Å²) in [4.78, 5) is 19.5. The van der Waals surface area contributed by atoms with Crippen molar-refractivity contribution in [3.05, 3.63) is 65.5 Å². The van der Waals surface area contributed by atoms with E-state index < -0.39 is 5.60 Å². The number of likely N-dealkylation sites (tertiary alicyclic amines) is 1. The fourth-order valence-electron chi connectivity index (χ4n) is 4.87. The molecule has 1 aromatic carbocycles. The minimum atomic E-state index is -0.845. The van der Waals surface area contributed by atoms with Gasteiger partial charge in [0, 0.05) is 24.7 Å². The second kappa shape index (κ2) is 6.84. The molecule has 1 N–H and O–H groups in total. The van der Waals surface area contributed by atoms with Crippen molar-refractivity contribution in [3.8, 4) is 0 Å². The summed E-state index contributed by atoms with van der Waals surface area (Å²) >= 11 is 0. The maximum Gasteiger partial charge on any atom is 0.272 e. The largest absolute Gasteiger partial charge is 0.385 e. The first-order valence-corrected chi connectivity index (χ1v) is 9.62. The highest BCUT2D eigenvalue weighted by Crippen LogP contribution is 2.47. The highest BCUT2D eigenvalue weighted by atomic mass is 16.3. The van der Waals surface area contributed by atoms with Gasteiger partial charge in [-0.2, -0.15) is 0 Å². The monoisotopic (exact) mass is 350 g/mol. The fourth-order valence-corrected chi connectivity index (χ4v) is 4.87. The third kappa shape index (κ3) is 2.82. The molecule has 3 atom stereocenters. The van der Waals surface area contributed by atoms with Crippen LogP contribution in [-0.2, 0) is 5.60 Å². The number of rotatable bonds is 2. The van der Waals surface area contributed by atoms with Crippen molar-refractivity contribution in [2.75, 3.05) is 6.54 Å². The molecule has 0 bridgehead atoms. The molecule has 2 fully saturated rings. The van der Waals surface area contributed by atoms with E-state index in [2.05, 4.69) is 4.98 Å². The van der Waals surface area contributed by atoms with Crippen LogP contribution in [0, 0.1) is 12.8 Å². The third-order valence-corrected chi connectivity index (χ3v) is 6.22. The van der Waals surface area contributed by atoms with Crippen molar-refractivity contribution in [1.82, 2.24) is 9.88 Å². The van der Waals surface area contributed by atoms with E-state index in [-0.39, 0.29) is 17.9 Å². The molecule has 1 saturated carbocycles. The first-order valence-electron chi connectivity index (χ1n) is 9.62. The van der Waals surface area contributed by atoms with Crippen LogP contribution < -0.4 is 0 Å². The summed E-state index contributed by atoms with van der Waals surface area (Å²) < 4.78 is 0. The van der Waals surface area contributed by atoms with Crippen LogP contribution in [0.2, 0.25) is 0 Å². The summed E-state index contributed by atoms with van der Waals surface area (Å²) in [7, 11) is 0. The molecular weight excluding hydrogens is 324 g/mol. The normalized spacial score (nSPS) is 28.5. The number of carbonyl (C=O) groups excluding carboxylic acids is 1. The molecular formula is C22H26N2O2. The number of aromatic nitrogens is 1. The molecule has 0 spiro atoms. The summed E-state index contributed by atoms with van der Waals surface area (Å²) in [5.41, 5.74) is 1.59. The molecule has 1 unspecified atom stereocenters. The van der Waals surface area contributed by atoms with Crippen LogP contribution in [0.15, 0.2) is 48.7 Å². The van der Waals surface area contributed by atoms with Gasteiger partial charge in [-0.3, -0.25) is 9.78 Å². The quantitative estimate of drug-likeness (QED) is 0.899. The van der Waals surface area contributed by atoms with Gasteiger partial charge in [0.2, 0.25) is 0 Å². The molecule has 1 saturated heterocycles. The molecule has 1 amide bonds. The molecule has 1 aliphatic carbocycles. The van der Waals surface area contributed by atoms with E-state index in [1.807, 2.05) is 54.3 Å². The summed E-state index contributed by atoms with van der Waals surface area (Å²) in [6.07, 6.45) is 6.40. The molecule has 1 aliphatic heterocycles. The van der Waals surface area contributed by atoms with Crippen LogP contribution in [-0.4, -0.2) is 33.5 Å². The van der Waals surface area contributed by atoms with Gasteiger partial charge in [0.15, 0.2) is 0 Å². The minimum Gasteiger partial charge on any atom is -0.385 e. The van der Waals surface area contributed by atoms with E-state index in [0.717, 1.165) is 36.8 Å². The number of fused-ring (bicyclic) bond motifs is 1. The van der Waals surface area contributed by atoms with Crippen LogP contribution in [0.3, 0.4) is 0 Å². The standard InChI is InChI=1S/C22H26N2O2/c1-16-8-7-14-23-20(16)21(25)24-15-13-22(26,17-9-3-2-4-10-17)18-11-5-6-12-19(18)24/h2-4,7-10,14,18-19,26H,5-6,11-13,15H2,1H3/t18-,19+,22?/m1/s1. The minimum absolute atomic E-state index is 0.00936. The summed E-state index contributed by atoms with van der Waals surface area (Å²) in [5.74, 6) is 0.0930. The number of hydrogen-bond acceptors (Lipinski definition) is 3. The zero-order valence-electron chi connectivity index (χ0n) is 15.3. The van der Waals surface area contributed by atoms with Gasteiger partial charge >= 0.3 is 0 Å². The Morgan fingerprint density at radius 1 is 1.15 bits per heavy atom. The molecule has 26 heavy (non-hydrogen) atoms. The van der Waals surface area contributed by atoms with Gasteiger partial charge in [-0.25, -0.2) is 0 Å². The highest BCUT2D eigenvalue weighted by Gasteiger charge is 2.50. The number of hydrogen-bond donors (Lipinski definition) is 1. The molecule has 0 radical (unpaired) electrons. The Balaban J connectivity index is 1.67. The number of nitrogens with zero attached hydrogens (tertiary/aromatic N) is 2. The number of carbonyl (C=O) groups is 1. The first-order chi connectivity index (χ1) is 12.6. The number of pyridine rings is 1. The summed E-state index contributed by atoms with van der Waals surface area (Å²) in [6, 6.07) is 13.9. The Bertz CT molecular complexity index is 792. The van der Waals surface area contributed by atoms with Crippen molar-refractivity contribution in [2.24, 2.45) is 5.92 Å². The Hall–Kier alpha value is -2.20. The van der Waals surface area contributed by atoms with Crippen molar-refractivity contribution in [2.45, 2.75) is 50.7 Å². The lowest BCUT2D eigenvalue weighted by molar-refractivity contribution is -0.110. The van der Waals surface area contributed by atoms with Crippen LogP contribution in [0.5, 0.6) is 0 Å². The molecule has 136 valence electrons. The van der Waals surface area contributed by atoms with Gasteiger partial charge in [0.05, 0.1) is 5.60 Å². The zero-order valence-corrected chi connectivity index (χ0v) is 15.3. The van der Waals surface area contributed by atoms with Crippen molar-refractivity contribution < 1.29 is 9.90 Å². The van der Waals surface area contributed by atoms with Crippen LogP contribution in [0.25, 0.3) is 0 Å². The maximum atomic E-state index is 13.2. The van der Waals surface area contributed by atoms with Crippen molar-refractivity contribution in [3.63, 3.8) is 0 Å². The lowest BCUT2D eigenvalue weighted by atomic mass is 9.66. The van der Waals surface area contributed by atoms with E-state index in [0.29, 0.717) is 18.7 Å². The summed E-state index contributed by atoms with van der Waals surface area (Å²) in [6.45, 7) is 2.50. The lowest BCUT2D eigenvalue weighted by Crippen LogP contribution is -2.59. The van der Waals surface area contributed by atoms with Gasteiger partial charge in [-0.05, 0) is 43.4 Å². The average molecular weight is 350 g/mol. The first kappa shape index (κ1) is 17.2. The fraction of sp³-hybridized carbons (Fsp3) is 0.455. The van der Waals surface area contributed by atoms with E-state index in [1.165, 1.54) is 0 Å². The van der Waals surface area contributed by atoms with Crippen molar-refractivity contribution in [1.29, 1.82) is 0 Å². The SMILES string of the molecule is Cc1cccnc1C(=O)N1CCC(O)(c2ccccc2)[C@@H]2CCCC[C@@H]21. The molecule has 2 heterocycles. The van der Waals surface area contributed by atoms with E-state index >= 15 is 0 Å². The molecule has 2 aliphatic rings.